The third-order valence-electron chi connectivity index (χ3n) is 3.19. The van der Waals surface area contributed by atoms with Crippen molar-refractivity contribution in [2.75, 3.05) is 6.61 Å². The van der Waals surface area contributed by atoms with Crippen LogP contribution in [0.25, 0.3) is 22.3 Å². The molecule has 4 nitrogen and oxygen atoms in total. The summed E-state index contributed by atoms with van der Waals surface area (Å²) in [6.45, 7) is 2.12. The summed E-state index contributed by atoms with van der Waals surface area (Å²) in [6, 6.07) is 13.0. The van der Waals surface area contributed by atoms with E-state index in [1.54, 1.807) is 19.2 Å². The van der Waals surface area contributed by atoms with Crippen molar-refractivity contribution < 1.29 is 9.53 Å². The Balaban J connectivity index is 2.25. The fourth-order valence-corrected chi connectivity index (χ4v) is 2.58. The number of carbonyl (C=O) groups excluding carboxylic acids is 1. The summed E-state index contributed by atoms with van der Waals surface area (Å²) in [5.74, 6) is -0.356. The zero-order valence-corrected chi connectivity index (χ0v) is 13.5. The molecule has 0 aliphatic heterocycles. The third kappa shape index (κ3) is 2.85. The van der Waals surface area contributed by atoms with Gasteiger partial charge >= 0.3 is 5.97 Å². The van der Waals surface area contributed by atoms with Gasteiger partial charge in [0.15, 0.2) is 0 Å². The van der Waals surface area contributed by atoms with Crippen LogP contribution in [0.5, 0.6) is 0 Å². The Bertz CT molecular complexity index is 835. The second kappa shape index (κ2) is 6.23. The zero-order chi connectivity index (χ0) is 15.5. The molecule has 0 unspecified atom stereocenters. The van der Waals surface area contributed by atoms with Crippen LogP contribution in [-0.4, -0.2) is 22.5 Å². The quantitative estimate of drug-likeness (QED) is 0.658. The van der Waals surface area contributed by atoms with Crippen molar-refractivity contribution in [3.05, 3.63) is 58.7 Å². The lowest BCUT2D eigenvalue weighted by Gasteiger charge is -2.09. The van der Waals surface area contributed by atoms with E-state index in [9.17, 15) is 4.79 Å². The fourth-order valence-electron chi connectivity index (χ4n) is 2.22. The zero-order valence-electron chi connectivity index (χ0n) is 11.9. The molecular weight excluding hydrogens is 344 g/mol. The highest BCUT2D eigenvalue weighted by Gasteiger charge is 2.15. The molecule has 3 aromatic rings. The minimum atomic E-state index is -0.356. The van der Waals surface area contributed by atoms with Gasteiger partial charge in [-0.2, -0.15) is 0 Å². The van der Waals surface area contributed by atoms with Crippen molar-refractivity contribution in [1.29, 1.82) is 0 Å². The van der Waals surface area contributed by atoms with E-state index >= 15 is 0 Å². The maximum absolute atomic E-state index is 12.3. The van der Waals surface area contributed by atoms with Crippen LogP contribution < -0.4 is 0 Å². The molecule has 2 heterocycles. The van der Waals surface area contributed by atoms with Crippen molar-refractivity contribution in [2.24, 2.45) is 0 Å². The van der Waals surface area contributed by atoms with Crippen LogP contribution in [0, 0.1) is 0 Å². The lowest BCUT2D eigenvalue weighted by Crippen LogP contribution is -2.06. The number of ether oxygens (including phenoxy) is 1. The second-order valence-electron chi connectivity index (χ2n) is 4.65. The predicted octanol–water partition coefficient (Wildman–Crippen LogP) is 4.24. The lowest BCUT2D eigenvalue weighted by molar-refractivity contribution is 0.0528. The Kier molecular flexibility index (Phi) is 4.15. The number of pyridine rings is 2. The molecule has 0 fully saturated rings. The van der Waals surface area contributed by atoms with Crippen LogP contribution in [0.4, 0.5) is 0 Å². The monoisotopic (exact) mass is 356 g/mol. The summed E-state index contributed by atoms with van der Waals surface area (Å²) < 4.78 is 6.05. The number of rotatable bonds is 3. The van der Waals surface area contributed by atoms with Crippen LogP contribution >= 0.6 is 15.9 Å². The van der Waals surface area contributed by atoms with Crippen LogP contribution in [0.3, 0.4) is 0 Å². The number of hydrogen-bond acceptors (Lipinski definition) is 4. The average molecular weight is 357 g/mol. The first-order valence-electron chi connectivity index (χ1n) is 6.88. The molecule has 0 bridgehead atoms. The van der Waals surface area contributed by atoms with E-state index in [4.69, 9.17) is 4.74 Å². The fraction of sp³-hybridized carbons (Fsp3) is 0.118. The molecule has 3 rings (SSSR count). The van der Waals surface area contributed by atoms with Crippen LogP contribution in [-0.2, 0) is 4.74 Å². The van der Waals surface area contributed by atoms with Gasteiger partial charge in [-0.3, -0.25) is 4.98 Å². The number of carbonyl (C=O) groups is 1. The van der Waals surface area contributed by atoms with Gasteiger partial charge in [0.25, 0.3) is 0 Å². The van der Waals surface area contributed by atoms with Gasteiger partial charge in [0.05, 0.1) is 29.1 Å². The summed E-state index contributed by atoms with van der Waals surface area (Å²) in [4.78, 5) is 21.2. The van der Waals surface area contributed by atoms with Gasteiger partial charge in [0.1, 0.15) is 0 Å². The topological polar surface area (TPSA) is 52.1 Å². The van der Waals surface area contributed by atoms with E-state index < -0.39 is 0 Å². The largest absolute Gasteiger partial charge is 0.462 e. The van der Waals surface area contributed by atoms with E-state index in [2.05, 4.69) is 25.9 Å². The molecule has 2 aromatic heterocycles. The molecule has 0 radical (unpaired) electrons. The van der Waals surface area contributed by atoms with E-state index in [1.165, 1.54) is 0 Å². The van der Waals surface area contributed by atoms with Gasteiger partial charge in [0, 0.05) is 16.1 Å². The van der Waals surface area contributed by atoms with Crippen LogP contribution in [0.2, 0.25) is 0 Å². The highest BCUT2D eigenvalue weighted by Crippen LogP contribution is 2.26. The number of fused-ring (bicyclic) bond motifs is 1. The summed E-state index contributed by atoms with van der Waals surface area (Å²) >= 11 is 3.43. The van der Waals surface area contributed by atoms with Crippen molar-refractivity contribution in [2.45, 2.75) is 6.92 Å². The SMILES string of the molecule is CCOC(=O)c1cc(-c2ccccn2)nc2ccc(Br)cc12. The number of benzene rings is 1. The van der Waals surface area contributed by atoms with Crippen LogP contribution in [0.15, 0.2) is 53.1 Å². The molecule has 0 spiro atoms. The smallest absolute Gasteiger partial charge is 0.338 e. The molecule has 1 aromatic carbocycles. The number of esters is 1. The molecule has 0 atom stereocenters. The third-order valence-corrected chi connectivity index (χ3v) is 3.69. The molecule has 0 amide bonds. The molecular formula is C17H13BrN2O2. The van der Waals surface area contributed by atoms with E-state index in [0.29, 0.717) is 17.9 Å². The first-order chi connectivity index (χ1) is 10.7. The normalized spacial score (nSPS) is 10.6. The Morgan fingerprint density at radius 3 is 2.77 bits per heavy atom. The van der Waals surface area contributed by atoms with Gasteiger partial charge in [-0.05, 0) is 43.3 Å². The molecule has 110 valence electrons. The summed E-state index contributed by atoms with van der Waals surface area (Å²) in [6.07, 6.45) is 1.70. The van der Waals surface area contributed by atoms with E-state index in [-0.39, 0.29) is 5.97 Å². The Morgan fingerprint density at radius 1 is 1.18 bits per heavy atom. The van der Waals surface area contributed by atoms with Gasteiger partial charge in [-0.25, -0.2) is 9.78 Å². The van der Waals surface area contributed by atoms with Crippen molar-refractivity contribution in [3.8, 4) is 11.4 Å². The Morgan fingerprint density at radius 2 is 2.05 bits per heavy atom. The first-order valence-corrected chi connectivity index (χ1v) is 7.67. The summed E-state index contributed by atoms with van der Waals surface area (Å²) in [5.41, 5.74) is 2.60. The van der Waals surface area contributed by atoms with Crippen LogP contribution in [0.1, 0.15) is 17.3 Å². The highest BCUT2D eigenvalue weighted by atomic mass is 79.9. The summed E-state index contributed by atoms with van der Waals surface area (Å²) in [5, 5.41) is 0.757. The maximum atomic E-state index is 12.3. The molecule has 0 saturated carbocycles. The molecule has 0 N–H and O–H groups in total. The molecule has 0 aliphatic carbocycles. The Labute approximate surface area is 136 Å². The number of hydrogen-bond donors (Lipinski definition) is 0. The van der Waals surface area contributed by atoms with Crippen molar-refractivity contribution in [1.82, 2.24) is 9.97 Å². The maximum Gasteiger partial charge on any atom is 0.338 e. The predicted molar refractivity (Wildman–Crippen MR) is 88.6 cm³/mol. The lowest BCUT2D eigenvalue weighted by atomic mass is 10.1. The van der Waals surface area contributed by atoms with E-state index in [1.807, 2.05) is 36.4 Å². The van der Waals surface area contributed by atoms with Crippen molar-refractivity contribution >= 4 is 32.8 Å². The van der Waals surface area contributed by atoms with Gasteiger partial charge < -0.3 is 4.74 Å². The van der Waals surface area contributed by atoms with Gasteiger partial charge in [-0.1, -0.05) is 22.0 Å². The first kappa shape index (κ1) is 14.7. The molecule has 5 heteroatoms. The minimum absolute atomic E-state index is 0.329. The summed E-state index contributed by atoms with van der Waals surface area (Å²) in [7, 11) is 0. The second-order valence-corrected chi connectivity index (χ2v) is 5.57. The number of nitrogens with zero attached hydrogens (tertiary/aromatic N) is 2. The number of aromatic nitrogens is 2. The number of halogens is 1. The standard InChI is InChI=1S/C17H13BrN2O2/c1-2-22-17(21)13-10-16(15-5-3-4-8-19-15)20-14-7-6-11(18)9-12(13)14/h3-10H,2H2,1H3. The van der Waals surface area contributed by atoms with Crippen molar-refractivity contribution in [3.63, 3.8) is 0 Å². The Hall–Kier alpha value is -2.27. The molecule has 0 saturated heterocycles. The molecule has 22 heavy (non-hydrogen) atoms. The highest BCUT2D eigenvalue weighted by molar-refractivity contribution is 9.10. The van der Waals surface area contributed by atoms with Gasteiger partial charge in [0.2, 0.25) is 0 Å². The van der Waals surface area contributed by atoms with E-state index in [0.717, 1.165) is 21.1 Å². The molecule has 0 aliphatic rings. The average Bonchev–Trinajstić information content (AvgIpc) is 2.55. The van der Waals surface area contributed by atoms with Gasteiger partial charge in [-0.15, -0.1) is 0 Å². The minimum Gasteiger partial charge on any atom is -0.462 e.